The number of likely N-dealkylation sites (tertiary alicyclic amines) is 1. The number of nitrogens with one attached hydrogen (secondary N) is 2. The van der Waals surface area contributed by atoms with Crippen LogP contribution in [0.5, 0.6) is 0 Å². The topological polar surface area (TPSA) is 108 Å². The van der Waals surface area contributed by atoms with E-state index in [1.807, 2.05) is 12.1 Å². The first-order chi connectivity index (χ1) is 11.0. The molecule has 23 heavy (non-hydrogen) atoms. The van der Waals surface area contributed by atoms with Crippen molar-refractivity contribution in [2.24, 2.45) is 11.5 Å². The van der Waals surface area contributed by atoms with Gasteiger partial charge in [-0.25, -0.2) is 0 Å². The molecule has 0 saturated carbocycles. The molecule has 1 fully saturated rings. The van der Waals surface area contributed by atoms with Gasteiger partial charge in [-0.1, -0.05) is 31.2 Å². The van der Waals surface area contributed by atoms with Crippen LogP contribution in [0.2, 0.25) is 0 Å². The van der Waals surface area contributed by atoms with Crippen molar-refractivity contribution >= 4 is 11.7 Å². The number of amides is 1. The molecule has 126 valence electrons. The number of amidine groups is 1. The summed E-state index contributed by atoms with van der Waals surface area (Å²) < 4.78 is 0. The number of nitrogen functional groups attached to an aromatic ring is 1. The summed E-state index contributed by atoms with van der Waals surface area (Å²) in [5.41, 5.74) is 13.1. The maximum atomic E-state index is 12.4. The Morgan fingerprint density at radius 3 is 2.74 bits per heavy atom. The van der Waals surface area contributed by atoms with Crippen LogP contribution in [0.25, 0.3) is 0 Å². The van der Waals surface area contributed by atoms with Gasteiger partial charge in [0, 0.05) is 24.7 Å². The zero-order chi connectivity index (χ0) is 16.8. The third-order valence-corrected chi connectivity index (χ3v) is 4.39. The highest BCUT2D eigenvalue weighted by molar-refractivity contribution is 5.94. The van der Waals surface area contributed by atoms with Gasteiger partial charge in [-0.2, -0.15) is 0 Å². The number of carbonyl (C=O) groups is 1. The number of nitrogens with zero attached hydrogens (tertiary/aromatic N) is 1. The van der Waals surface area contributed by atoms with Crippen LogP contribution in [0.4, 0.5) is 0 Å². The summed E-state index contributed by atoms with van der Waals surface area (Å²) in [4.78, 5) is 14.6. The molecule has 0 aromatic heterocycles. The van der Waals surface area contributed by atoms with E-state index in [2.05, 4.69) is 17.1 Å². The summed E-state index contributed by atoms with van der Waals surface area (Å²) in [6, 6.07) is 7.43. The van der Waals surface area contributed by atoms with Crippen molar-refractivity contribution in [1.29, 1.82) is 5.41 Å². The van der Waals surface area contributed by atoms with Gasteiger partial charge in [0.1, 0.15) is 5.84 Å². The fourth-order valence-corrected chi connectivity index (χ4v) is 2.88. The standard InChI is InChI=1S/C17H27N5O/c1-2-14(18)11-22-9-3-4-15(22)17(23)21-10-12-5-7-13(8-6-12)16(19)20/h5-8,14-15H,2-4,9-11,18H2,1H3,(H3,19,20)(H,21,23)/t14-,15+/m1/s1. The first-order valence-corrected chi connectivity index (χ1v) is 8.22. The van der Waals surface area contributed by atoms with Crippen LogP contribution in [0.3, 0.4) is 0 Å². The molecule has 0 unspecified atom stereocenters. The Balaban J connectivity index is 1.87. The lowest BCUT2D eigenvalue weighted by Crippen LogP contribution is -2.47. The molecule has 2 rings (SSSR count). The zero-order valence-corrected chi connectivity index (χ0v) is 13.7. The maximum absolute atomic E-state index is 12.4. The molecule has 1 amide bonds. The fraction of sp³-hybridized carbons (Fsp3) is 0.529. The van der Waals surface area contributed by atoms with Gasteiger partial charge in [-0.15, -0.1) is 0 Å². The SMILES string of the molecule is CC[C@@H](N)CN1CCC[C@H]1C(=O)NCc1ccc(C(=N)N)cc1. The first-order valence-electron chi connectivity index (χ1n) is 8.22. The number of hydrogen-bond donors (Lipinski definition) is 4. The third-order valence-electron chi connectivity index (χ3n) is 4.39. The van der Waals surface area contributed by atoms with Crippen LogP contribution < -0.4 is 16.8 Å². The van der Waals surface area contributed by atoms with E-state index in [0.717, 1.165) is 37.9 Å². The van der Waals surface area contributed by atoms with Crippen LogP contribution in [0, 0.1) is 5.41 Å². The van der Waals surface area contributed by atoms with E-state index in [1.165, 1.54) is 0 Å². The molecule has 1 aromatic rings. The summed E-state index contributed by atoms with van der Waals surface area (Å²) in [6.07, 6.45) is 2.86. The van der Waals surface area contributed by atoms with Gasteiger partial charge < -0.3 is 16.8 Å². The normalized spacial score (nSPS) is 19.5. The Morgan fingerprint density at radius 2 is 2.13 bits per heavy atom. The summed E-state index contributed by atoms with van der Waals surface area (Å²) in [5.74, 6) is 0.121. The van der Waals surface area contributed by atoms with Crippen molar-refractivity contribution in [3.63, 3.8) is 0 Å². The zero-order valence-electron chi connectivity index (χ0n) is 13.7. The van der Waals surface area contributed by atoms with Gasteiger partial charge in [-0.3, -0.25) is 15.1 Å². The molecule has 6 N–H and O–H groups in total. The number of carbonyl (C=O) groups excluding carboxylic acids is 1. The number of benzene rings is 1. The van der Waals surface area contributed by atoms with Crippen LogP contribution in [-0.2, 0) is 11.3 Å². The van der Waals surface area contributed by atoms with E-state index < -0.39 is 0 Å². The molecule has 6 heteroatoms. The van der Waals surface area contributed by atoms with E-state index in [4.69, 9.17) is 16.9 Å². The van der Waals surface area contributed by atoms with Crippen molar-refractivity contribution in [2.45, 2.75) is 44.8 Å². The number of hydrogen-bond acceptors (Lipinski definition) is 4. The highest BCUT2D eigenvalue weighted by atomic mass is 16.2. The van der Waals surface area contributed by atoms with Crippen LogP contribution in [0.15, 0.2) is 24.3 Å². The summed E-state index contributed by atoms with van der Waals surface area (Å²) in [6.45, 7) is 4.28. The molecule has 0 spiro atoms. The molecule has 2 atom stereocenters. The predicted molar refractivity (Wildman–Crippen MR) is 92.2 cm³/mol. The van der Waals surface area contributed by atoms with Gasteiger partial charge in [0.05, 0.1) is 6.04 Å². The highest BCUT2D eigenvalue weighted by Crippen LogP contribution is 2.18. The minimum absolute atomic E-state index is 0.0504. The largest absolute Gasteiger partial charge is 0.384 e. The molecular weight excluding hydrogens is 290 g/mol. The third kappa shape index (κ3) is 4.77. The second-order valence-electron chi connectivity index (χ2n) is 6.15. The molecule has 6 nitrogen and oxygen atoms in total. The monoisotopic (exact) mass is 317 g/mol. The van der Waals surface area contributed by atoms with Gasteiger partial charge in [0.2, 0.25) is 5.91 Å². The summed E-state index contributed by atoms with van der Waals surface area (Å²) >= 11 is 0. The lowest BCUT2D eigenvalue weighted by Gasteiger charge is -2.26. The predicted octanol–water partition coefficient (Wildman–Crippen LogP) is 0.789. The fourth-order valence-electron chi connectivity index (χ4n) is 2.88. The molecule has 0 radical (unpaired) electrons. The first kappa shape index (κ1) is 17.4. The van der Waals surface area contributed by atoms with E-state index in [1.54, 1.807) is 12.1 Å². The maximum Gasteiger partial charge on any atom is 0.237 e. The van der Waals surface area contributed by atoms with Crippen molar-refractivity contribution in [3.05, 3.63) is 35.4 Å². The Hall–Kier alpha value is -1.92. The lowest BCUT2D eigenvalue weighted by atomic mass is 10.1. The minimum atomic E-state index is -0.0657. The van der Waals surface area contributed by atoms with Gasteiger partial charge in [0.15, 0.2) is 0 Å². The Labute approximate surface area is 137 Å². The van der Waals surface area contributed by atoms with Gasteiger partial charge in [0.25, 0.3) is 0 Å². The van der Waals surface area contributed by atoms with Crippen LogP contribution in [0.1, 0.15) is 37.3 Å². The quantitative estimate of drug-likeness (QED) is 0.440. The van der Waals surface area contributed by atoms with E-state index in [0.29, 0.717) is 12.1 Å². The average molecular weight is 317 g/mol. The number of nitrogens with two attached hydrogens (primary N) is 2. The van der Waals surface area contributed by atoms with E-state index >= 15 is 0 Å². The molecule has 1 heterocycles. The van der Waals surface area contributed by atoms with Crippen molar-refractivity contribution < 1.29 is 4.79 Å². The second kappa shape index (κ2) is 8.08. The van der Waals surface area contributed by atoms with Crippen molar-refractivity contribution in [2.75, 3.05) is 13.1 Å². The molecule has 1 aliphatic rings. The van der Waals surface area contributed by atoms with E-state index in [-0.39, 0.29) is 23.8 Å². The van der Waals surface area contributed by atoms with Crippen molar-refractivity contribution in [3.8, 4) is 0 Å². The Morgan fingerprint density at radius 1 is 1.43 bits per heavy atom. The molecule has 1 aliphatic heterocycles. The second-order valence-corrected chi connectivity index (χ2v) is 6.15. The Kier molecular flexibility index (Phi) is 6.12. The molecule has 0 aliphatic carbocycles. The van der Waals surface area contributed by atoms with Gasteiger partial charge >= 0.3 is 0 Å². The number of rotatable bonds is 7. The molecule has 1 aromatic carbocycles. The minimum Gasteiger partial charge on any atom is -0.384 e. The summed E-state index contributed by atoms with van der Waals surface area (Å²) in [5, 5.41) is 10.4. The summed E-state index contributed by atoms with van der Waals surface area (Å²) in [7, 11) is 0. The van der Waals surface area contributed by atoms with Crippen molar-refractivity contribution in [1.82, 2.24) is 10.2 Å². The Bertz CT molecular complexity index is 542. The molecular formula is C17H27N5O. The molecule has 1 saturated heterocycles. The lowest BCUT2D eigenvalue weighted by molar-refractivity contribution is -0.125. The van der Waals surface area contributed by atoms with E-state index in [9.17, 15) is 4.79 Å². The molecule has 0 bridgehead atoms. The van der Waals surface area contributed by atoms with Crippen LogP contribution >= 0.6 is 0 Å². The highest BCUT2D eigenvalue weighted by Gasteiger charge is 2.30. The van der Waals surface area contributed by atoms with Crippen LogP contribution in [-0.4, -0.2) is 41.8 Å². The smallest absolute Gasteiger partial charge is 0.237 e. The average Bonchev–Trinajstić information content (AvgIpc) is 3.01. The van der Waals surface area contributed by atoms with Gasteiger partial charge in [-0.05, 0) is 31.4 Å².